The van der Waals surface area contributed by atoms with Crippen LogP contribution in [0.4, 0.5) is 15.8 Å². The van der Waals surface area contributed by atoms with Crippen LogP contribution in [-0.2, 0) is 14.8 Å². The molecule has 1 aliphatic rings. The van der Waals surface area contributed by atoms with Crippen molar-refractivity contribution in [2.75, 3.05) is 50.1 Å². The number of ether oxygens (including phenoxy) is 3. The van der Waals surface area contributed by atoms with Gasteiger partial charge in [0.15, 0.2) is 11.5 Å². The normalized spacial score (nSPS) is 14.3. The number of hydrogen-bond donors (Lipinski definition) is 2. The molecule has 0 unspecified atom stereocenters. The third kappa shape index (κ3) is 4.57. The Morgan fingerprint density at radius 1 is 1.13 bits per heavy atom. The van der Waals surface area contributed by atoms with Gasteiger partial charge in [0.2, 0.25) is 0 Å². The fraction of sp³-hybridized carbons (Fsp3) is 0.316. The van der Waals surface area contributed by atoms with E-state index >= 15 is 0 Å². The third-order valence-electron chi connectivity index (χ3n) is 4.50. The number of halogens is 1. The van der Waals surface area contributed by atoms with Crippen LogP contribution in [0.5, 0.6) is 11.5 Å². The third-order valence-corrected chi connectivity index (χ3v) is 5.86. The maximum absolute atomic E-state index is 14.1. The van der Waals surface area contributed by atoms with Crippen LogP contribution in [-0.4, -0.2) is 60.0 Å². The molecule has 1 heterocycles. The molecule has 2 N–H and O–H groups in total. The van der Waals surface area contributed by atoms with E-state index in [-0.39, 0.29) is 27.6 Å². The summed E-state index contributed by atoms with van der Waals surface area (Å²) in [5, 5.41) is 9.40. The average molecular weight is 440 g/mol. The van der Waals surface area contributed by atoms with Gasteiger partial charge in [0.1, 0.15) is 11.4 Å². The van der Waals surface area contributed by atoms with Crippen LogP contribution >= 0.6 is 0 Å². The summed E-state index contributed by atoms with van der Waals surface area (Å²) in [5.74, 6) is -2.17. The molecule has 9 nitrogen and oxygen atoms in total. The lowest BCUT2D eigenvalue weighted by Gasteiger charge is -2.29. The Kier molecular flexibility index (Phi) is 6.32. The van der Waals surface area contributed by atoms with E-state index in [1.165, 1.54) is 26.4 Å². The Balaban J connectivity index is 1.98. The number of nitrogens with one attached hydrogen (secondary N) is 1. The van der Waals surface area contributed by atoms with Gasteiger partial charge in [-0.3, -0.25) is 4.72 Å². The molecule has 0 radical (unpaired) electrons. The Morgan fingerprint density at radius 2 is 1.83 bits per heavy atom. The Bertz CT molecular complexity index is 1050. The van der Waals surface area contributed by atoms with Gasteiger partial charge in [-0.1, -0.05) is 0 Å². The number of hydrogen-bond acceptors (Lipinski definition) is 7. The fourth-order valence-corrected chi connectivity index (χ4v) is 4.19. The van der Waals surface area contributed by atoms with Crippen molar-refractivity contribution >= 4 is 27.4 Å². The first-order valence-corrected chi connectivity index (χ1v) is 10.4. The van der Waals surface area contributed by atoms with Gasteiger partial charge in [-0.15, -0.1) is 0 Å². The topological polar surface area (TPSA) is 114 Å². The van der Waals surface area contributed by atoms with Gasteiger partial charge >= 0.3 is 5.97 Å². The van der Waals surface area contributed by atoms with E-state index in [1.807, 2.05) is 4.90 Å². The van der Waals surface area contributed by atoms with Crippen LogP contribution in [0.25, 0.3) is 0 Å². The number of sulfonamides is 1. The maximum atomic E-state index is 14.1. The summed E-state index contributed by atoms with van der Waals surface area (Å²) in [4.78, 5) is 13.0. The molecule has 11 heteroatoms. The highest BCUT2D eigenvalue weighted by Gasteiger charge is 2.24. The summed E-state index contributed by atoms with van der Waals surface area (Å²) < 4.78 is 57.6. The number of nitrogens with zero attached hydrogens (tertiary/aromatic N) is 1. The molecule has 0 aromatic heterocycles. The second-order valence-corrected chi connectivity index (χ2v) is 8.10. The summed E-state index contributed by atoms with van der Waals surface area (Å²) in [5.41, 5.74) is 0.128. The summed E-state index contributed by atoms with van der Waals surface area (Å²) in [6, 6.07) is 5.94. The minimum absolute atomic E-state index is 0.00292. The molecule has 162 valence electrons. The lowest BCUT2D eigenvalue weighted by atomic mass is 10.2. The van der Waals surface area contributed by atoms with Crippen LogP contribution in [0.3, 0.4) is 0 Å². The number of carboxylic acids is 1. The highest BCUT2D eigenvalue weighted by atomic mass is 32.2. The highest BCUT2D eigenvalue weighted by Crippen LogP contribution is 2.35. The predicted molar refractivity (Wildman–Crippen MR) is 107 cm³/mol. The van der Waals surface area contributed by atoms with E-state index in [0.717, 1.165) is 18.2 Å². The minimum atomic E-state index is -4.25. The van der Waals surface area contributed by atoms with Crippen molar-refractivity contribution in [3.05, 3.63) is 41.7 Å². The van der Waals surface area contributed by atoms with Crippen LogP contribution < -0.4 is 19.1 Å². The minimum Gasteiger partial charge on any atom is -0.493 e. The van der Waals surface area contributed by atoms with Crippen molar-refractivity contribution in [2.24, 2.45) is 0 Å². The molecule has 0 aliphatic carbocycles. The number of morpholine rings is 1. The second-order valence-electron chi connectivity index (χ2n) is 6.41. The number of methoxy groups -OCH3 is 2. The number of rotatable bonds is 7. The van der Waals surface area contributed by atoms with Crippen molar-refractivity contribution < 1.29 is 36.9 Å². The summed E-state index contributed by atoms with van der Waals surface area (Å²) >= 11 is 0. The van der Waals surface area contributed by atoms with E-state index in [1.54, 1.807) is 0 Å². The molecule has 0 amide bonds. The zero-order valence-electron chi connectivity index (χ0n) is 16.3. The molecule has 0 saturated carbocycles. The number of anilines is 2. The zero-order chi connectivity index (χ0) is 21.9. The Hall–Kier alpha value is -3.05. The van der Waals surface area contributed by atoms with Crippen LogP contribution in [0.2, 0.25) is 0 Å². The van der Waals surface area contributed by atoms with E-state index in [2.05, 4.69) is 4.72 Å². The largest absolute Gasteiger partial charge is 0.493 e. The first-order chi connectivity index (χ1) is 14.2. The van der Waals surface area contributed by atoms with Crippen molar-refractivity contribution in [3.63, 3.8) is 0 Å². The predicted octanol–water partition coefficient (Wildman–Crippen LogP) is 2.18. The van der Waals surface area contributed by atoms with Crippen LogP contribution in [0.15, 0.2) is 35.2 Å². The molecule has 2 aromatic rings. The molecule has 1 saturated heterocycles. The molecule has 3 rings (SSSR count). The van der Waals surface area contributed by atoms with Gasteiger partial charge in [-0.05, 0) is 24.3 Å². The lowest BCUT2D eigenvalue weighted by molar-refractivity contribution is 0.0692. The molecule has 2 aromatic carbocycles. The van der Waals surface area contributed by atoms with Gasteiger partial charge in [0.05, 0.1) is 38.0 Å². The molecule has 1 fully saturated rings. The van der Waals surface area contributed by atoms with Crippen LogP contribution in [0, 0.1) is 5.82 Å². The van der Waals surface area contributed by atoms with Gasteiger partial charge in [-0.2, -0.15) is 0 Å². The molecule has 0 bridgehead atoms. The summed E-state index contributed by atoms with van der Waals surface area (Å²) in [7, 11) is -1.74. The van der Waals surface area contributed by atoms with E-state index in [0.29, 0.717) is 32.0 Å². The second kappa shape index (κ2) is 8.76. The average Bonchev–Trinajstić information content (AvgIpc) is 2.72. The monoisotopic (exact) mass is 440 g/mol. The van der Waals surface area contributed by atoms with Crippen molar-refractivity contribution in [1.82, 2.24) is 0 Å². The molecular weight excluding hydrogens is 419 g/mol. The van der Waals surface area contributed by atoms with Crippen LogP contribution in [0.1, 0.15) is 10.4 Å². The van der Waals surface area contributed by atoms with Gasteiger partial charge in [-0.25, -0.2) is 17.6 Å². The zero-order valence-corrected chi connectivity index (χ0v) is 17.2. The maximum Gasteiger partial charge on any atom is 0.339 e. The van der Waals surface area contributed by atoms with E-state index in [4.69, 9.17) is 14.2 Å². The number of benzene rings is 2. The lowest BCUT2D eigenvalue weighted by Crippen LogP contribution is -2.36. The first kappa shape index (κ1) is 21.7. The number of aromatic carboxylic acids is 1. The molecule has 0 spiro atoms. The Morgan fingerprint density at radius 3 is 2.43 bits per heavy atom. The highest BCUT2D eigenvalue weighted by molar-refractivity contribution is 7.92. The number of carboxylic acid groups (broad SMARTS) is 1. The smallest absolute Gasteiger partial charge is 0.339 e. The summed E-state index contributed by atoms with van der Waals surface area (Å²) in [6.45, 7) is 2.07. The number of carbonyl (C=O) groups is 1. The molecule has 1 aliphatic heterocycles. The van der Waals surface area contributed by atoms with Crippen molar-refractivity contribution in [1.29, 1.82) is 0 Å². The van der Waals surface area contributed by atoms with Gasteiger partial charge in [0, 0.05) is 24.8 Å². The summed E-state index contributed by atoms with van der Waals surface area (Å²) in [6.07, 6.45) is 0. The molecule has 30 heavy (non-hydrogen) atoms. The van der Waals surface area contributed by atoms with Crippen molar-refractivity contribution in [3.8, 4) is 11.5 Å². The van der Waals surface area contributed by atoms with Gasteiger partial charge in [0.25, 0.3) is 10.0 Å². The SMILES string of the molecule is COc1cc(S(=O)(=O)Nc2cc(F)cc(N3CCOCC3)c2)cc(C(=O)O)c1OC. The van der Waals surface area contributed by atoms with Gasteiger partial charge < -0.3 is 24.2 Å². The van der Waals surface area contributed by atoms with Crippen molar-refractivity contribution in [2.45, 2.75) is 4.90 Å². The van der Waals surface area contributed by atoms with E-state index < -0.39 is 21.8 Å². The first-order valence-electron chi connectivity index (χ1n) is 8.90. The molecular formula is C19H21FN2O7S. The van der Waals surface area contributed by atoms with E-state index in [9.17, 15) is 22.7 Å². The molecule has 0 atom stereocenters. The standard InChI is InChI=1S/C19H21FN2O7S/c1-27-17-11-15(10-16(19(23)24)18(17)28-2)30(25,26)21-13-7-12(20)8-14(9-13)22-3-5-29-6-4-22/h7-11,21H,3-6H2,1-2H3,(H,23,24). The Labute approximate surface area is 173 Å². The quantitative estimate of drug-likeness (QED) is 0.673. The fourth-order valence-electron chi connectivity index (χ4n) is 3.10.